The summed E-state index contributed by atoms with van der Waals surface area (Å²) in [5.74, 6) is 0.431. The van der Waals surface area contributed by atoms with Crippen LogP contribution in [0.1, 0.15) is 15.9 Å². The maximum absolute atomic E-state index is 12.2. The second kappa shape index (κ2) is 6.71. The highest BCUT2D eigenvalue weighted by atomic mass is 32.2. The van der Waals surface area contributed by atoms with Gasteiger partial charge in [-0.2, -0.15) is 0 Å². The first-order valence-electron chi connectivity index (χ1n) is 7.24. The summed E-state index contributed by atoms with van der Waals surface area (Å²) in [6.45, 7) is 2.03. The number of fused-ring (bicyclic) bond motifs is 1. The van der Waals surface area contributed by atoms with Crippen molar-refractivity contribution in [3.05, 3.63) is 65.7 Å². The summed E-state index contributed by atoms with van der Waals surface area (Å²) in [5.41, 5.74) is 8.18. The summed E-state index contributed by atoms with van der Waals surface area (Å²) in [4.78, 5) is 17.8. The number of nitrogens with one attached hydrogen (secondary N) is 2. The number of aromatic nitrogens is 1. The summed E-state index contributed by atoms with van der Waals surface area (Å²) in [7, 11) is 0. The van der Waals surface area contributed by atoms with Gasteiger partial charge in [0.15, 0.2) is 0 Å². The predicted molar refractivity (Wildman–Crippen MR) is 95.8 cm³/mol. The fourth-order valence-electron chi connectivity index (χ4n) is 2.35. The molecule has 3 aromatic rings. The molecule has 5 heteroatoms. The van der Waals surface area contributed by atoms with Crippen molar-refractivity contribution >= 4 is 34.4 Å². The quantitative estimate of drug-likeness (QED) is 0.562. The molecule has 1 aromatic heterocycles. The van der Waals surface area contributed by atoms with Gasteiger partial charge in [0.2, 0.25) is 0 Å². The van der Waals surface area contributed by atoms with E-state index in [1.54, 1.807) is 11.8 Å². The lowest BCUT2D eigenvalue weighted by molar-refractivity contribution is 0.0962. The number of hydrogen-bond donors (Lipinski definition) is 2. The maximum atomic E-state index is 12.2. The van der Waals surface area contributed by atoms with Crippen LogP contribution in [0.25, 0.3) is 10.9 Å². The number of benzene rings is 2. The molecular weight excluding hydrogens is 306 g/mol. The second-order valence-electron chi connectivity index (χ2n) is 5.15. The van der Waals surface area contributed by atoms with Gasteiger partial charge in [-0.3, -0.25) is 15.6 Å². The Labute approximate surface area is 139 Å². The lowest BCUT2D eigenvalue weighted by Gasteiger charge is -2.10. The first kappa shape index (κ1) is 15.4. The van der Waals surface area contributed by atoms with Crippen LogP contribution < -0.4 is 10.9 Å². The molecule has 1 amide bonds. The first-order valence-corrected chi connectivity index (χ1v) is 8.46. The summed E-state index contributed by atoms with van der Waals surface area (Å²) < 4.78 is 0. The van der Waals surface area contributed by atoms with Crippen LogP contribution >= 0.6 is 11.8 Å². The minimum atomic E-state index is -0.190. The van der Waals surface area contributed by atoms with E-state index in [1.165, 1.54) is 0 Å². The number of amides is 1. The number of nitrogens with zero attached hydrogens (tertiary/aromatic N) is 1. The van der Waals surface area contributed by atoms with Crippen LogP contribution in [0, 0.1) is 6.92 Å². The molecule has 0 aliphatic carbocycles. The zero-order chi connectivity index (χ0) is 16.2. The van der Waals surface area contributed by atoms with Crippen molar-refractivity contribution in [2.24, 2.45) is 0 Å². The molecule has 116 valence electrons. The van der Waals surface area contributed by atoms with E-state index in [4.69, 9.17) is 0 Å². The van der Waals surface area contributed by atoms with E-state index in [0.717, 1.165) is 21.4 Å². The SMILES string of the molecule is CSc1ccc(C(=O)NNc2cc(C)c3ccccc3n2)cc1. The number of anilines is 1. The number of hydrogen-bond acceptors (Lipinski definition) is 4. The van der Waals surface area contributed by atoms with Crippen LogP contribution in [-0.2, 0) is 0 Å². The molecule has 0 saturated heterocycles. The van der Waals surface area contributed by atoms with Gasteiger partial charge in [-0.05, 0) is 55.1 Å². The molecule has 0 saturated carbocycles. The Hall–Kier alpha value is -2.53. The third kappa shape index (κ3) is 3.46. The third-order valence-electron chi connectivity index (χ3n) is 3.58. The average Bonchev–Trinajstić information content (AvgIpc) is 2.60. The fourth-order valence-corrected chi connectivity index (χ4v) is 2.76. The van der Waals surface area contributed by atoms with Crippen molar-refractivity contribution in [2.75, 3.05) is 11.7 Å². The zero-order valence-corrected chi connectivity index (χ0v) is 13.8. The molecule has 1 heterocycles. The minimum absolute atomic E-state index is 0.190. The predicted octanol–water partition coefficient (Wildman–Crippen LogP) is 4.02. The van der Waals surface area contributed by atoms with Gasteiger partial charge in [0.05, 0.1) is 5.52 Å². The molecule has 0 unspecified atom stereocenters. The Morgan fingerprint density at radius 1 is 1.09 bits per heavy atom. The van der Waals surface area contributed by atoms with Crippen LogP contribution in [-0.4, -0.2) is 17.1 Å². The standard InChI is InChI=1S/C18H17N3OS/c1-12-11-17(19-16-6-4-3-5-15(12)16)20-21-18(22)13-7-9-14(23-2)10-8-13/h3-11H,1-2H3,(H,19,20)(H,21,22). The van der Waals surface area contributed by atoms with Gasteiger partial charge in [0, 0.05) is 15.8 Å². The third-order valence-corrected chi connectivity index (χ3v) is 4.32. The van der Waals surface area contributed by atoms with Crippen molar-refractivity contribution in [3.8, 4) is 0 Å². The van der Waals surface area contributed by atoms with Crippen molar-refractivity contribution in [3.63, 3.8) is 0 Å². The number of para-hydroxylation sites is 1. The fraction of sp³-hybridized carbons (Fsp3) is 0.111. The summed E-state index contributed by atoms with van der Waals surface area (Å²) in [6.07, 6.45) is 2.00. The normalized spacial score (nSPS) is 10.5. The van der Waals surface area contributed by atoms with Gasteiger partial charge in [0.1, 0.15) is 5.82 Å². The highest BCUT2D eigenvalue weighted by Gasteiger charge is 2.06. The Morgan fingerprint density at radius 2 is 1.83 bits per heavy atom. The summed E-state index contributed by atoms with van der Waals surface area (Å²) in [5, 5.41) is 1.11. The molecule has 0 bridgehead atoms. The van der Waals surface area contributed by atoms with Crippen LogP contribution in [0.5, 0.6) is 0 Å². The highest BCUT2D eigenvalue weighted by molar-refractivity contribution is 7.98. The van der Waals surface area contributed by atoms with Gasteiger partial charge in [-0.1, -0.05) is 18.2 Å². The van der Waals surface area contributed by atoms with Crippen molar-refractivity contribution in [1.82, 2.24) is 10.4 Å². The van der Waals surface area contributed by atoms with E-state index in [-0.39, 0.29) is 5.91 Å². The Morgan fingerprint density at radius 3 is 2.57 bits per heavy atom. The lowest BCUT2D eigenvalue weighted by Crippen LogP contribution is -2.29. The van der Waals surface area contributed by atoms with Crippen LogP contribution in [0.3, 0.4) is 0 Å². The smallest absolute Gasteiger partial charge is 0.269 e. The van der Waals surface area contributed by atoms with E-state index in [9.17, 15) is 4.79 Å². The van der Waals surface area contributed by atoms with E-state index < -0.39 is 0 Å². The first-order chi connectivity index (χ1) is 11.2. The highest BCUT2D eigenvalue weighted by Crippen LogP contribution is 2.19. The second-order valence-corrected chi connectivity index (χ2v) is 6.03. The van der Waals surface area contributed by atoms with E-state index >= 15 is 0 Å². The number of hydrazine groups is 1. The van der Waals surface area contributed by atoms with Crippen molar-refractivity contribution in [1.29, 1.82) is 0 Å². The monoisotopic (exact) mass is 323 g/mol. The zero-order valence-electron chi connectivity index (χ0n) is 13.0. The Bertz CT molecular complexity index is 847. The molecule has 3 rings (SSSR count). The number of pyridine rings is 1. The average molecular weight is 323 g/mol. The van der Waals surface area contributed by atoms with Gasteiger partial charge < -0.3 is 0 Å². The number of rotatable bonds is 4. The lowest BCUT2D eigenvalue weighted by atomic mass is 10.1. The molecule has 2 aromatic carbocycles. The number of carbonyl (C=O) groups excluding carboxylic acids is 1. The molecule has 4 nitrogen and oxygen atoms in total. The molecule has 0 radical (unpaired) electrons. The molecular formula is C18H17N3OS. The van der Waals surface area contributed by atoms with Crippen LogP contribution in [0.2, 0.25) is 0 Å². The summed E-state index contributed by atoms with van der Waals surface area (Å²) >= 11 is 1.64. The molecule has 23 heavy (non-hydrogen) atoms. The van der Waals surface area contributed by atoms with Crippen LogP contribution in [0.15, 0.2) is 59.5 Å². The topological polar surface area (TPSA) is 54.0 Å². The van der Waals surface area contributed by atoms with Crippen LogP contribution in [0.4, 0.5) is 5.82 Å². The number of thioether (sulfide) groups is 1. The largest absolute Gasteiger partial charge is 0.282 e. The number of aryl methyl sites for hydroxylation is 1. The number of carbonyl (C=O) groups is 1. The summed E-state index contributed by atoms with van der Waals surface area (Å²) in [6, 6.07) is 17.3. The molecule has 0 atom stereocenters. The molecule has 0 aliphatic rings. The van der Waals surface area contributed by atoms with Gasteiger partial charge in [0.25, 0.3) is 5.91 Å². The maximum Gasteiger partial charge on any atom is 0.269 e. The minimum Gasteiger partial charge on any atom is -0.282 e. The van der Waals surface area contributed by atoms with E-state index in [2.05, 4.69) is 15.8 Å². The van der Waals surface area contributed by atoms with Crippen molar-refractivity contribution in [2.45, 2.75) is 11.8 Å². The molecule has 0 fully saturated rings. The Balaban J connectivity index is 1.73. The van der Waals surface area contributed by atoms with Gasteiger partial charge in [-0.25, -0.2) is 4.98 Å². The van der Waals surface area contributed by atoms with Gasteiger partial charge >= 0.3 is 0 Å². The van der Waals surface area contributed by atoms with E-state index in [0.29, 0.717) is 11.4 Å². The molecule has 0 aliphatic heterocycles. The molecule has 0 spiro atoms. The van der Waals surface area contributed by atoms with Gasteiger partial charge in [-0.15, -0.1) is 11.8 Å². The van der Waals surface area contributed by atoms with E-state index in [1.807, 2.05) is 67.8 Å². The van der Waals surface area contributed by atoms with Crippen molar-refractivity contribution < 1.29 is 4.79 Å². The molecule has 2 N–H and O–H groups in total. The Kier molecular flexibility index (Phi) is 4.48.